The molecule has 0 amide bonds. The van der Waals surface area contributed by atoms with Crippen LogP contribution in [0.1, 0.15) is 79.1 Å². The van der Waals surface area contributed by atoms with Gasteiger partial charge in [0.2, 0.25) is 0 Å². The first-order valence-electron chi connectivity index (χ1n) is 11.6. The van der Waals surface area contributed by atoms with E-state index in [0.29, 0.717) is 33.2 Å². The average Bonchev–Trinajstić information content (AvgIpc) is 2.74. The second-order valence-electron chi connectivity index (χ2n) is 9.39. The zero-order chi connectivity index (χ0) is 21.4. The summed E-state index contributed by atoms with van der Waals surface area (Å²) < 4.78 is 24.7. The van der Waals surface area contributed by atoms with Gasteiger partial charge in [0.25, 0.3) is 0 Å². The molecule has 2 heterocycles. The Bertz CT molecular complexity index is 426. The number of ether oxygens (including phenoxy) is 4. The molecule has 0 bridgehead atoms. The Balaban J connectivity index is 2.54. The standard InChI is InChI=1S/C23H44O6/c1-5-9-21(13-24,10-6-2)23(22(14-25,11-7-3)12-8-4)28-17-20(18-29-23)15-26-19-27-16-20/h24-25H,5-19H2,1-4H3. The number of hydrogen-bond donors (Lipinski definition) is 2. The van der Waals surface area contributed by atoms with Crippen LogP contribution in [0.2, 0.25) is 0 Å². The Morgan fingerprint density at radius 3 is 1.34 bits per heavy atom. The summed E-state index contributed by atoms with van der Waals surface area (Å²) in [5.74, 6) is -1.02. The van der Waals surface area contributed by atoms with Crippen LogP contribution in [0, 0.1) is 16.2 Å². The second-order valence-corrected chi connectivity index (χ2v) is 9.39. The molecule has 1 spiro atoms. The van der Waals surface area contributed by atoms with E-state index in [2.05, 4.69) is 27.7 Å². The summed E-state index contributed by atoms with van der Waals surface area (Å²) in [6, 6.07) is 0. The lowest BCUT2D eigenvalue weighted by atomic mass is 9.58. The maximum absolute atomic E-state index is 10.8. The van der Waals surface area contributed by atoms with Crippen LogP contribution in [-0.2, 0) is 18.9 Å². The SMILES string of the molecule is CCCC(CO)(CCC)C1(C(CO)(CCC)CCC)OCC2(COCOC2)CO1. The van der Waals surface area contributed by atoms with Gasteiger partial charge >= 0.3 is 0 Å². The van der Waals surface area contributed by atoms with Crippen LogP contribution in [0.25, 0.3) is 0 Å². The summed E-state index contributed by atoms with van der Waals surface area (Å²) in [5, 5.41) is 21.5. The highest BCUT2D eigenvalue weighted by Crippen LogP contribution is 2.59. The van der Waals surface area contributed by atoms with E-state index in [1.54, 1.807) is 0 Å². The van der Waals surface area contributed by atoms with Crippen molar-refractivity contribution in [3.63, 3.8) is 0 Å². The lowest BCUT2D eigenvalue weighted by Crippen LogP contribution is -2.70. The molecule has 172 valence electrons. The lowest BCUT2D eigenvalue weighted by molar-refractivity contribution is -0.420. The zero-order valence-corrected chi connectivity index (χ0v) is 19.1. The molecule has 29 heavy (non-hydrogen) atoms. The van der Waals surface area contributed by atoms with Crippen molar-refractivity contribution < 1.29 is 29.2 Å². The molecule has 0 radical (unpaired) electrons. The minimum atomic E-state index is -1.02. The van der Waals surface area contributed by atoms with E-state index >= 15 is 0 Å². The Hall–Kier alpha value is -0.240. The highest BCUT2D eigenvalue weighted by Gasteiger charge is 2.66. The molecule has 0 atom stereocenters. The van der Waals surface area contributed by atoms with Crippen LogP contribution in [0.4, 0.5) is 0 Å². The molecule has 2 N–H and O–H groups in total. The van der Waals surface area contributed by atoms with Gasteiger partial charge in [0, 0.05) is 10.8 Å². The van der Waals surface area contributed by atoms with Gasteiger partial charge in [0.1, 0.15) is 6.79 Å². The van der Waals surface area contributed by atoms with Gasteiger partial charge in [0.15, 0.2) is 5.79 Å². The van der Waals surface area contributed by atoms with Crippen molar-refractivity contribution in [3.05, 3.63) is 0 Å². The third-order valence-electron chi connectivity index (χ3n) is 7.06. The third kappa shape index (κ3) is 4.53. The quantitative estimate of drug-likeness (QED) is 0.503. The van der Waals surface area contributed by atoms with Gasteiger partial charge in [0.05, 0.1) is 45.1 Å². The van der Waals surface area contributed by atoms with E-state index in [4.69, 9.17) is 18.9 Å². The fourth-order valence-corrected chi connectivity index (χ4v) is 5.90. The van der Waals surface area contributed by atoms with Crippen molar-refractivity contribution in [2.75, 3.05) is 46.4 Å². The molecule has 0 aliphatic carbocycles. The van der Waals surface area contributed by atoms with Gasteiger partial charge in [-0.05, 0) is 25.7 Å². The highest BCUT2D eigenvalue weighted by molar-refractivity contribution is 5.08. The van der Waals surface area contributed by atoms with Crippen molar-refractivity contribution in [3.8, 4) is 0 Å². The van der Waals surface area contributed by atoms with Crippen molar-refractivity contribution in [2.45, 2.75) is 84.8 Å². The smallest absolute Gasteiger partial charge is 0.183 e. The van der Waals surface area contributed by atoms with E-state index in [-0.39, 0.29) is 18.6 Å². The van der Waals surface area contributed by atoms with Crippen LogP contribution in [-0.4, -0.2) is 62.4 Å². The Morgan fingerprint density at radius 1 is 0.655 bits per heavy atom. The molecular formula is C23H44O6. The number of aliphatic hydroxyl groups is 2. The summed E-state index contributed by atoms with van der Waals surface area (Å²) in [6.45, 7) is 10.9. The molecule has 2 aliphatic rings. The highest BCUT2D eigenvalue weighted by atomic mass is 16.7. The van der Waals surface area contributed by atoms with Gasteiger partial charge in [-0.3, -0.25) is 0 Å². The molecule has 0 aromatic heterocycles. The summed E-state index contributed by atoms with van der Waals surface area (Å²) in [6.07, 6.45) is 6.88. The average molecular weight is 417 g/mol. The maximum atomic E-state index is 10.8. The van der Waals surface area contributed by atoms with Gasteiger partial charge in [-0.25, -0.2) is 0 Å². The topological polar surface area (TPSA) is 77.4 Å². The zero-order valence-electron chi connectivity index (χ0n) is 19.1. The fourth-order valence-electron chi connectivity index (χ4n) is 5.90. The molecule has 2 aliphatic heterocycles. The molecule has 6 heteroatoms. The van der Waals surface area contributed by atoms with E-state index in [1.807, 2.05) is 0 Å². The van der Waals surface area contributed by atoms with E-state index < -0.39 is 16.6 Å². The molecule has 2 saturated heterocycles. The molecule has 0 aromatic rings. The van der Waals surface area contributed by atoms with Crippen LogP contribution < -0.4 is 0 Å². The first kappa shape index (κ1) is 25.0. The molecule has 2 fully saturated rings. The summed E-state index contributed by atoms with van der Waals surface area (Å²) in [4.78, 5) is 0. The van der Waals surface area contributed by atoms with Crippen LogP contribution in [0.3, 0.4) is 0 Å². The molecule has 6 nitrogen and oxygen atoms in total. The Kier molecular flexibility index (Phi) is 9.38. The van der Waals surface area contributed by atoms with Crippen molar-refractivity contribution in [2.24, 2.45) is 16.2 Å². The van der Waals surface area contributed by atoms with Crippen molar-refractivity contribution in [1.82, 2.24) is 0 Å². The first-order chi connectivity index (χ1) is 14.0. The second kappa shape index (κ2) is 10.9. The molecule has 0 unspecified atom stereocenters. The lowest BCUT2D eigenvalue weighted by Gasteiger charge is -2.62. The predicted octanol–water partition coefficient (Wildman–Crippen LogP) is 3.88. The Morgan fingerprint density at radius 2 is 1.03 bits per heavy atom. The maximum Gasteiger partial charge on any atom is 0.183 e. The normalized spacial score (nSPS) is 22.1. The summed E-state index contributed by atoms with van der Waals surface area (Å²) in [7, 11) is 0. The third-order valence-corrected chi connectivity index (χ3v) is 7.06. The predicted molar refractivity (Wildman–Crippen MR) is 113 cm³/mol. The van der Waals surface area contributed by atoms with E-state index in [9.17, 15) is 10.2 Å². The van der Waals surface area contributed by atoms with Crippen LogP contribution in [0.5, 0.6) is 0 Å². The van der Waals surface area contributed by atoms with E-state index in [0.717, 1.165) is 51.4 Å². The van der Waals surface area contributed by atoms with Gasteiger partial charge in [-0.1, -0.05) is 53.4 Å². The number of rotatable bonds is 12. The fraction of sp³-hybridized carbons (Fsp3) is 1.00. The molecule has 0 aromatic carbocycles. The summed E-state index contributed by atoms with van der Waals surface area (Å²) in [5.41, 5.74) is -1.43. The van der Waals surface area contributed by atoms with Gasteiger partial charge < -0.3 is 29.2 Å². The molecule has 0 saturated carbocycles. The largest absolute Gasteiger partial charge is 0.396 e. The van der Waals surface area contributed by atoms with E-state index in [1.165, 1.54) is 0 Å². The van der Waals surface area contributed by atoms with Crippen molar-refractivity contribution in [1.29, 1.82) is 0 Å². The number of aliphatic hydroxyl groups excluding tert-OH is 2. The minimum absolute atomic E-state index is 0.0101. The Labute approximate surface area is 177 Å². The van der Waals surface area contributed by atoms with Crippen molar-refractivity contribution >= 4 is 0 Å². The monoisotopic (exact) mass is 416 g/mol. The summed E-state index contributed by atoms with van der Waals surface area (Å²) >= 11 is 0. The van der Waals surface area contributed by atoms with Gasteiger partial charge in [-0.2, -0.15) is 0 Å². The molecular weight excluding hydrogens is 372 g/mol. The number of hydrogen-bond acceptors (Lipinski definition) is 6. The van der Waals surface area contributed by atoms with Gasteiger partial charge in [-0.15, -0.1) is 0 Å². The van der Waals surface area contributed by atoms with Crippen LogP contribution in [0.15, 0.2) is 0 Å². The van der Waals surface area contributed by atoms with Crippen LogP contribution >= 0.6 is 0 Å². The first-order valence-corrected chi connectivity index (χ1v) is 11.6. The molecule has 2 rings (SSSR count). The minimum Gasteiger partial charge on any atom is -0.396 e.